The van der Waals surface area contributed by atoms with Gasteiger partial charge in [-0.15, -0.1) is 0 Å². The summed E-state index contributed by atoms with van der Waals surface area (Å²) in [4.78, 5) is 0. The molecule has 0 spiro atoms. The van der Waals surface area contributed by atoms with Crippen LogP contribution in [-0.4, -0.2) is 0 Å². The number of hydrogen-bond acceptors (Lipinski definition) is 0. The first-order valence-corrected chi connectivity index (χ1v) is 18.4. The molecule has 0 aliphatic carbocycles. The second-order valence-electron chi connectivity index (χ2n) is 14.5. The standard InChI is InChI=1S/C19H40.C11H24.C9H20/c1-7-17(8-2)11-13-19(15-16(5)6)14-12-18(9-3)10-4;1-6-11(7-2,8-3)9-10(4)5;1-5-9(6-2)7-8(3)4/h16-19H,7-15H2,1-6H3;10H,6-9H2,1-5H3;8-9H,5-7H2,1-4H3. The van der Waals surface area contributed by atoms with Crippen molar-refractivity contribution in [1.29, 1.82) is 0 Å². The normalized spacial score (nSPS) is 12.2. The van der Waals surface area contributed by atoms with Gasteiger partial charge in [0, 0.05) is 0 Å². The van der Waals surface area contributed by atoms with Crippen molar-refractivity contribution in [3.05, 3.63) is 0 Å². The van der Waals surface area contributed by atoms with Gasteiger partial charge in [-0.25, -0.2) is 0 Å². The maximum Gasteiger partial charge on any atom is -0.0303 e. The Bertz CT molecular complexity index is 418. The van der Waals surface area contributed by atoms with Crippen molar-refractivity contribution in [1.82, 2.24) is 0 Å². The molecule has 0 saturated carbocycles. The molecule has 0 radical (unpaired) electrons. The van der Waals surface area contributed by atoms with Crippen LogP contribution >= 0.6 is 0 Å². The van der Waals surface area contributed by atoms with Gasteiger partial charge in [-0.2, -0.15) is 0 Å². The molecule has 0 heterocycles. The van der Waals surface area contributed by atoms with Gasteiger partial charge < -0.3 is 0 Å². The Hall–Kier alpha value is 0. The molecular weight excluding hydrogens is 468 g/mol. The second-order valence-corrected chi connectivity index (χ2v) is 14.5. The summed E-state index contributed by atoms with van der Waals surface area (Å²) in [7, 11) is 0. The van der Waals surface area contributed by atoms with Crippen LogP contribution in [0, 0.1) is 46.8 Å². The van der Waals surface area contributed by atoms with Gasteiger partial charge in [-0.05, 0) is 66.1 Å². The summed E-state index contributed by atoms with van der Waals surface area (Å²) < 4.78 is 0. The van der Waals surface area contributed by atoms with Crippen molar-refractivity contribution in [3.63, 3.8) is 0 Å². The molecule has 0 bridgehead atoms. The summed E-state index contributed by atoms with van der Waals surface area (Å²) in [5.41, 5.74) is 0.647. The third-order valence-corrected chi connectivity index (χ3v) is 10.1. The Balaban J connectivity index is -0.000000549. The second kappa shape index (κ2) is 28.1. The number of rotatable bonds is 21. The van der Waals surface area contributed by atoms with Gasteiger partial charge in [0.1, 0.15) is 0 Å². The van der Waals surface area contributed by atoms with Gasteiger partial charge in [0.25, 0.3) is 0 Å². The minimum absolute atomic E-state index is 0.647. The molecule has 39 heavy (non-hydrogen) atoms. The number of hydrogen-bond donors (Lipinski definition) is 0. The van der Waals surface area contributed by atoms with Gasteiger partial charge in [-0.3, -0.25) is 0 Å². The molecule has 0 saturated heterocycles. The Morgan fingerprint density at radius 3 is 0.821 bits per heavy atom. The molecule has 0 rings (SSSR count). The molecule has 0 aliphatic rings. The van der Waals surface area contributed by atoms with E-state index in [1.54, 1.807) is 0 Å². The minimum Gasteiger partial charge on any atom is -0.0651 e. The zero-order valence-corrected chi connectivity index (χ0v) is 30.9. The first kappa shape index (κ1) is 43.5. The van der Waals surface area contributed by atoms with E-state index in [0.29, 0.717) is 5.41 Å². The van der Waals surface area contributed by atoms with Crippen LogP contribution in [0.3, 0.4) is 0 Å². The Morgan fingerprint density at radius 2 is 0.641 bits per heavy atom. The molecule has 0 aliphatic heterocycles. The van der Waals surface area contributed by atoms with Gasteiger partial charge in [-0.1, -0.05) is 187 Å². The van der Waals surface area contributed by atoms with E-state index in [0.717, 1.165) is 41.4 Å². The van der Waals surface area contributed by atoms with E-state index in [1.807, 2.05) is 0 Å². The fourth-order valence-corrected chi connectivity index (χ4v) is 6.72. The van der Waals surface area contributed by atoms with Gasteiger partial charge in [0.15, 0.2) is 0 Å². The fourth-order valence-electron chi connectivity index (χ4n) is 6.72. The first-order valence-electron chi connectivity index (χ1n) is 18.4. The molecule has 0 fully saturated rings. The molecule has 240 valence electrons. The van der Waals surface area contributed by atoms with Gasteiger partial charge in [0.05, 0.1) is 0 Å². The first-order chi connectivity index (χ1) is 18.4. The minimum atomic E-state index is 0.647. The van der Waals surface area contributed by atoms with Crippen molar-refractivity contribution in [2.45, 2.75) is 207 Å². The van der Waals surface area contributed by atoms with Crippen molar-refractivity contribution in [2.24, 2.45) is 46.8 Å². The van der Waals surface area contributed by atoms with Crippen LogP contribution in [0.5, 0.6) is 0 Å². The summed E-state index contributed by atoms with van der Waals surface area (Å²) in [6.07, 6.45) is 22.4. The molecule has 0 nitrogen and oxygen atoms in total. The lowest BCUT2D eigenvalue weighted by molar-refractivity contribution is 0.198. The van der Waals surface area contributed by atoms with E-state index < -0.39 is 0 Å². The predicted molar refractivity (Wildman–Crippen MR) is 186 cm³/mol. The van der Waals surface area contributed by atoms with Crippen molar-refractivity contribution >= 4 is 0 Å². The third kappa shape index (κ3) is 25.4. The summed E-state index contributed by atoms with van der Waals surface area (Å²) >= 11 is 0. The lowest BCUT2D eigenvalue weighted by atomic mass is 9.74. The van der Waals surface area contributed by atoms with E-state index in [2.05, 4.69) is 104 Å². The molecule has 0 aromatic carbocycles. The van der Waals surface area contributed by atoms with E-state index in [4.69, 9.17) is 0 Å². The average Bonchev–Trinajstić information content (AvgIpc) is 2.91. The smallest absolute Gasteiger partial charge is 0.0303 e. The highest BCUT2D eigenvalue weighted by atomic mass is 14.3. The molecule has 0 amide bonds. The zero-order valence-electron chi connectivity index (χ0n) is 30.9. The monoisotopic (exact) mass is 553 g/mol. The molecule has 0 unspecified atom stereocenters. The van der Waals surface area contributed by atoms with Crippen LogP contribution in [0.2, 0.25) is 0 Å². The fraction of sp³-hybridized carbons (Fsp3) is 1.00. The van der Waals surface area contributed by atoms with Crippen LogP contribution in [-0.2, 0) is 0 Å². The van der Waals surface area contributed by atoms with Gasteiger partial charge in [0.2, 0.25) is 0 Å². The molecule has 0 heteroatoms. The Kier molecular flexibility index (Phi) is 31.3. The highest BCUT2D eigenvalue weighted by molar-refractivity contribution is 4.76. The average molecular weight is 553 g/mol. The SMILES string of the molecule is CCC(CC)(CC)CC(C)C.CCC(CC)CC(C)C.CCC(CC)CCC(CCC(CC)CC)CC(C)C. The van der Waals surface area contributed by atoms with E-state index >= 15 is 0 Å². The van der Waals surface area contributed by atoms with Crippen molar-refractivity contribution in [2.75, 3.05) is 0 Å². The summed E-state index contributed by atoms with van der Waals surface area (Å²) in [5, 5.41) is 0. The van der Waals surface area contributed by atoms with Crippen LogP contribution in [0.1, 0.15) is 207 Å². The largest absolute Gasteiger partial charge is 0.0651 e. The predicted octanol–water partition coefficient (Wildman–Crippen LogP) is 14.8. The van der Waals surface area contributed by atoms with E-state index in [9.17, 15) is 0 Å². The summed E-state index contributed by atoms with van der Waals surface area (Å²) in [5.74, 6) is 6.52. The molecule has 0 aromatic rings. The zero-order chi connectivity index (χ0) is 30.9. The van der Waals surface area contributed by atoms with Crippen LogP contribution in [0.25, 0.3) is 0 Å². The molecular formula is C39H84. The summed E-state index contributed by atoms with van der Waals surface area (Å²) in [6.45, 7) is 35.0. The van der Waals surface area contributed by atoms with Crippen LogP contribution < -0.4 is 0 Å². The highest BCUT2D eigenvalue weighted by Gasteiger charge is 2.24. The Morgan fingerprint density at radius 1 is 0.359 bits per heavy atom. The molecule has 0 aromatic heterocycles. The van der Waals surface area contributed by atoms with Crippen molar-refractivity contribution in [3.8, 4) is 0 Å². The molecule has 0 N–H and O–H groups in total. The van der Waals surface area contributed by atoms with E-state index in [1.165, 1.54) is 103 Å². The van der Waals surface area contributed by atoms with Crippen molar-refractivity contribution < 1.29 is 0 Å². The summed E-state index contributed by atoms with van der Waals surface area (Å²) in [6, 6.07) is 0. The Labute approximate surface area is 253 Å². The topological polar surface area (TPSA) is 0 Å². The lowest BCUT2D eigenvalue weighted by Gasteiger charge is -2.32. The van der Waals surface area contributed by atoms with Crippen LogP contribution in [0.4, 0.5) is 0 Å². The van der Waals surface area contributed by atoms with Crippen LogP contribution in [0.15, 0.2) is 0 Å². The third-order valence-electron chi connectivity index (χ3n) is 10.1. The maximum atomic E-state index is 2.39. The molecule has 0 atom stereocenters. The lowest BCUT2D eigenvalue weighted by Crippen LogP contribution is -2.19. The quantitative estimate of drug-likeness (QED) is 0.133. The van der Waals surface area contributed by atoms with Gasteiger partial charge >= 0.3 is 0 Å². The maximum absolute atomic E-state index is 2.39. The highest BCUT2D eigenvalue weighted by Crippen LogP contribution is 2.37. The van der Waals surface area contributed by atoms with E-state index in [-0.39, 0.29) is 0 Å².